The summed E-state index contributed by atoms with van der Waals surface area (Å²) < 4.78 is 1.03. The van der Waals surface area contributed by atoms with Gasteiger partial charge < -0.3 is 10.4 Å². The molecule has 2 unspecified atom stereocenters. The summed E-state index contributed by atoms with van der Waals surface area (Å²) in [5.74, 6) is -0.512. The van der Waals surface area contributed by atoms with Crippen LogP contribution in [0.1, 0.15) is 6.42 Å². The van der Waals surface area contributed by atoms with Crippen molar-refractivity contribution in [3.63, 3.8) is 0 Å². The van der Waals surface area contributed by atoms with Gasteiger partial charge in [0.1, 0.15) is 0 Å². The highest BCUT2D eigenvalue weighted by atomic mass is 79.9. The first kappa shape index (κ1) is 10.5. The summed E-state index contributed by atoms with van der Waals surface area (Å²) in [6, 6.07) is 7.87. The Balaban J connectivity index is 1.82. The number of halogens is 1. The number of carboxylic acids is 1. The van der Waals surface area contributed by atoms with Crippen molar-refractivity contribution in [3.05, 3.63) is 28.7 Å². The van der Waals surface area contributed by atoms with Gasteiger partial charge in [0.05, 0.1) is 5.92 Å². The summed E-state index contributed by atoms with van der Waals surface area (Å²) >= 11 is 3.39. The monoisotopic (exact) mass is 269 g/mol. The first-order valence-electron chi connectivity index (χ1n) is 4.89. The molecule has 0 radical (unpaired) electrons. The highest BCUT2D eigenvalue weighted by molar-refractivity contribution is 9.10. The molecule has 0 aromatic heterocycles. The van der Waals surface area contributed by atoms with E-state index in [1.165, 1.54) is 0 Å². The molecule has 80 valence electrons. The first-order chi connectivity index (χ1) is 7.16. The lowest BCUT2D eigenvalue weighted by Crippen LogP contribution is -2.08. The predicted octanol–water partition coefficient (Wildman–Crippen LogP) is 2.58. The van der Waals surface area contributed by atoms with E-state index in [4.69, 9.17) is 5.11 Å². The number of carboxylic acid groups (broad SMARTS) is 1. The molecule has 1 fully saturated rings. The molecule has 1 saturated carbocycles. The van der Waals surface area contributed by atoms with Gasteiger partial charge in [0.2, 0.25) is 0 Å². The van der Waals surface area contributed by atoms with E-state index in [2.05, 4.69) is 21.2 Å². The van der Waals surface area contributed by atoms with Crippen LogP contribution in [0.15, 0.2) is 28.7 Å². The molecule has 1 aromatic carbocycles. The van der Waals surface area contributed by atoms with Crippen LogP contribution in [-0.2, 0) is 4.79 Å². The molecule has 1 aromatic rings. The largest absolute Gasteiger partial charge is 0.481 e. The average molecular weight is 270 g/mol. The lowest BCUT2D eigenvalue weighted by atomic mass is 10.3. The van der Waals surface area contributed by atoms with E-state index in [9.17, 15) is 4.79 Å². The molecule has 1 aliphatic carbocycles. The minimum atomic E-state index is -0.670. The maximum Gasteiger partial charge on any atom is 0.306 e. The molecular formula is C11H12BrNO2. The third kappa shape index (κ3) is 2.72. The Morgan fingerprint density at radius 1 is 1.60 bits per heavy atom. The normalized spacial score (nSPS) is 23.5. The number of hydrogen-bond acceptors (Lipinski definition) is 2. The van der Waals surface area contributed by atoms with Crippen LogP contribution in [-0.4, -0.2) is 17.6 Å². The van der Waals surface area contributed by atoms with Crippen molar-refractivity contribution in [2.75, 3.05) is 11.9 Å². The minimum Gasteiger partial charge on any atom is -0.481 e. The van der Waals surface area contributed by atoms with E-state index in [-0.39, 0.29) is 5.92 Å². The van der Waals surface area contributed by atoms with Crippen LogP contribution >= 0.6 is 15.9 Å². The molecule has 4 heteroatoms. The molecule has 0 heterocycles. The van der Waals surface area contributed by atoms with Crippen LogP contribution in [0.2, 0.25) is 0 Å². The maximum absolute atomic E-state index is 10.6. The van der Waals surface area contributed by atoms with E-state index in [0.717, 1.165) is 23.1 Å². The maximum atomic E-state index is 10.6. The Bertz CT molecular complexity index is 381. The van der Waals surface area contributed by atoms with Gasteiger partial charge in [0, 0.05) is 16.7 Å². The number of rotatable bonds is 4. The fraction of sp³-hybridized carbons (Fsp3) is 0.364. The Morgan fingerprint density at radius 3 is 3.00 bits per heavy atom. The Labute approximate surface area is 96.6 Å². The van der Waals surface area contributed by atoms with Gasteiger partial charge >= 0.3 is 5.97 Å². The van der Waals surface area contributed by atoms with Gasteiger partial charge in [0.15, 0.2) is 0 Å². The van der Waals surface area contributed by atoms with Crippen LogP contribution in [0.3, 0.4) is 0 Å². The molecular weight excluding hydrogens is 258 g/mol. The van der Waals surface area contributed by atoms with E-state index in [1.807, 2.05) is 24.3 Å². The second-order valence-corrected chi connectivity index (χ2v) is 4.75. The molecule has 0 bridgehead atoms. The number of anilines is 1. The predicted molar refractivity (Wildman–Crippen MR) is 61.9 cm³/mol. The Hall–Kier alpha value is -1.03. The SMILES string of the molecule is O=C(O)C1CC1CNc1cccc(Br)c1. The van der Waals surface area contributed by atoms with Gasteiger partial charge in [-0.25, -0.2) is 0 Å². The molecule has 15 heavy (non-hydrogen) atoms. The third-order valence-electron chi connectivity index (χ3n) is 2.63. The minimum absolute atomic E-state index is 0.135. The summed E-state index contributed by atoms with van der Waals surface area (Å²) in [5.41, 5.74) is 1.03. The third-order valence-corrected chi connectivity index (χ3v) is 3.13. The topological polar surface area (TPSA) is 49.3 Å². The van der Waals surface area contributed by atoms with Gasteiger partial charge in [-0.05, 0) is 30.5 Å². The summed E-state index contributed by atoms with van der Waals surface area (Å²) in [7, 11) is 0. The van der Waals surface area contributed by atoms with Crippen molar-refractivity contribution < 1.29 is 9.90 Å². The van der Waals surface area contributed by atoms with E-state index < -0.39 is 5.97 Å². The zero-order valence-corrected chi connectivity index (χ0v) is 9.70. The van der Waals surface area contributed by atoms with Crippen LogP contribution in [0.4, 0.5) is 5.69 Å². The summed E-state index contributed by atoms with van der Waals surface area (Å²) in [5, 5.41) is 12.0. The van der Waals surface area contributed by atoms with Gasteiger partial charge in [-0.2, -0.15) is 0 Å². The van der Waals surface area contributed by atoms with Crippen molar-refractivity contribution >= 4 is 27.6 Å². The van der Waals surface area contributed by atoms with Crippen LogP contribution in [0.25, 0.3) is 0 Å². The molecule has 0 saturated heterocycles. The number of carbonyl (C=O) groups is 1. The van der Waals surface area contributed by atoms with Crippen molar-refractivity contribution in [3.8, 4) is 0 Å². The van der Waals surface area contributed by atoms with Gasteiger partial charge in [-0.15, -0.1) is 0 Å². The lowest BCUT2D eigenvalue weighted by molar-refractivity contribution is -0.138. The standard InChI is InChI=1S/C11H12BrNO2/c12-8-2-1-3-9(5-8)13-6-7-4-10(7)11(14)15/h1-3,5,7,10,13H,4,6H2,(H,14,15). The average Bonchev–Trinajstić information content (AvgIpc) is 2.94. The fourth-order valence-corrected chi connectivity index (χ4v) is 2.02. The van der Waals surface area contributed by atoms with Crippen LogP contribution in [0.5, 0.6) is 0 Å². The number of benzene rings is 1. The second-order valence-electron chi connectivity index (χ2n) is 3.83. The van der Waals surface area contributed by atoms with Crippen molar-refractivity contribution in [2.24, 2.45) is 11.8 Å². The van der Waals surface area contributed by atoms with Crippen molar-refractivity contribution in [1.82, 2.24) is 0 Å². The van der Waals surface area contributed by atoms with Crippen LogP contribution < -0.4 is 5.32 Å². The second kappa shape index (κ2) is 4.23. The summed E-state index contributed by atoms with van der Waals surface area (Å²) in [6.45, 7) is 0.743. The zero-order chi connectivity index (χ0) is 10.8. The Kier molecular flexibility index (Phi) is 2.95. The summed E-state index contributed by atoms with van der Waals surface area (Å²) in [4.78, 5) is 10.6. The molecule has 0 amide bonds. The molecule has 2 atom stereocenters. The smallest absolute Gasteiger partial charge is 0.306 e. The fourth-order valence-electron chi connectivity index (χ4n) is 1.62. The van der Waals surface area contributed by atoms with Crippen molar-refractivity contribution in [1.29, 1.82) is 0 Å². The van der Waals surface area contributed by atoms with Gasteiger partial charge in [-0.1, -0.05) is 22.0 Å². The van der Waals surface area contributed by atoms with E-state index in [1.54, 1.807) is 0 Å². The molecule has 2 rings (SSSR count). The first-order valence-corrected chi connectivity index (χ1v) is 5.68. The highest BCUT2D eigenvalue weighted by Crippen LogP contribution is 2.38. The Morgan fingerprint density at radius 2 is 2.40 bits per heavy atom. The van der Waals surface area contributed by atoms with Crippen molar-refractivity contribution in [2.45, 2.75) is 6.42 Å². The van der Waals surface area contributed by atoms with E-state index in [0.29, 0.717) is 5.92 Å². The number of nitrogens with one attached hydrogen (secondary N) is 1. The van der Waals surface area contributed by atoms with Gasteiger partial charge in [-0.3, -0.25) is 4.79 Å². The number of hydrogen-bond donors (Lipinski definition) is 2. The zero-order valence-electron chi connectivity index (χ0n) is 8.11. The number of aliphatic carboxylic acids is 1. The van der Waals surface area contributed by atoms with Crippen LogP contribution in [0, 0.1) is 11.8 Å². The summed E-state index contributed by atoms with van der Waals surface area (Å²) in [6.07, 6.45) is 0.802. The lowest BCUT2D eigenvalue weighted by Gasteiger charge is -2.05. The quantitative estimate of drug-likeness (QED) is 0.884. The highest BCUT2D eigenvalue weighted by Gasteiger charge is 2.42. The molecule has 3 nitrogen and oxygen atoms in total. The molecule has 2 N–H and O–H groups in total. The van der Waals surface area contributed by atoms with E-state index >= 15 is 0 Å². The molecule has 0 spiro atoms. The van der Waals surface area contributed by atoms with Gasteiger partial charge in [0.25, 0.3) is 0 Å². The molecule has 0 aliphatic heterocycles. The molecule has 1 aliphatic rings.